The van der Waals surface area contributed by atoms with Gasteiger partial charge in [-0.3, -0.25) is 14.6 Å². The molecule has 0 atom stereocenters. The van der Waals surface area contributed by atoms with E-state index in [2.05, 4.69) is 25.4 Å². The summed E-state index contributed by atoms with van der Waals surface area (Å²) in [6, 6.07) is 1.90. The van der Waals surface area contributed by atoms with Crippen LogP contribution in [0.4, 0.5) is 0 Å². The number of rotatable bonds is 5. The highest BCUT2D eigenvalue weighted by Gasteiger charge is 2.20. The van der Waals surface area contributed by atoms with Gasteiger partial charge in [-0.2, -0.15) is 15.3 Å². The van der Waals surface area contributed by atoms with Gasteiger partial charge >= 0.3 is 5.97 Å². The summed E-state index contributed by atoms with van der Waals surface area (Å²) >= 11 is 1.51. The fraction of sp³-hybridized carbons (Fsp3) is 0.222. The van der Waals surface area contributed by atoms with E-state index >= 15 is 0 Å². The number of nitrogens with zero attached hydrogens (tertiary/aromatic N) is 7. The number of aromatic amines is 1. The van der Waals surface area contributed by atoms with Crippen LogP contribution in [-0.4, -0.2) is 50.4 Å². The molecule has 30 heavy (non-hydrogen) atoms. The number of hydrogen-bond acceptors (Lipinski definition) is 7. The summed E-state index contributed by atoms with van der Waals surface area (Å²) in [7, 11) is 3.42. The third kappa shape index (κ3) is 2.80. The fourth-order valence-electron chi connectivity index (χ4n) is 3.54. The van der Waals surface area contributed by atoms with Gasteiger partial charge < -0.3 is 9.67 Å². The van der Waals surface area contributed by atoms with E-state index in [-0.39, 0.29) is 23.4 Å². The molecule has 152 valence electrons. The van der Waals surface area contributed by atoms with Gasteiger partial charge in [-0.15, -0.1) is 11.3 Å². The Morgan fingerprint density at radius 1 is 1.33 bits per heavy atom. The van der Waals surface area contributed by atoms with E-state index in [9.17, 15) is 14.7 Å². The van der Waals surface area contributed by atoms with Gasteiger partial charge in [0.25, 0.3) is 5.56 Å². The van der Waals surface area contributed by atoms with E-state index in [1.807, 2.05) is 6.07 Å². The number of aromatic nitrogens is 8. The maximum absolute atomic E-state index is 13.1. The van der Waals surface area contributed by atoms with Crippen LogP contribution in [-0.2, 0) is 27.1 Å². The van der Waals surface area contributed by atoms with Crippen LogP contribution in [0, 0.1) is 0 Å². The monoisotopic (exact) mass is 424 g/mol. The molecule has 5 heterocycles. The highest BCUT2D eigenvalue weighted by molar-refractivity contribution is 7.19. The van der Waals surface area contributed by atoms with Crippen molar-refractivity contribution in [3.63, 3.8) is 0 Å². The Morgan fingerprint density at radius 3 is 2.90 bits per heavy atom. The minimum atomic E-state index is -1.10. The first kappa shape index (κ1) is 18.2. The number of carboxylic acid groups (broad SMARTS) is 1. The molecule has 0 spiro atoms. The third-order valence-electron chi connectivity index (χ3n) is 4.90. The highest BCUT2D eigenvalue weighted by Crippen LogP contribution is 2.31. The quantitative estimate of drug-likeness (QED) is 0.432. The highest BCUT2D eigenvalue weighted by atomic mass is 32.1. The van der Waals surface area contributed by atoms with Gasteiger partial charge in [0.05, 0.1) is 23.1 Å². The Labute approximate surface area is 172 Å². The molecule has 0 amide bonds. The molecule has 0 aliphatic carbocycles. The second-order valence-corrected chi connectivity index (χ2v) is 8.00. The zero-order chi connectivity index (χ0) is 21.0. The van der Waals surface area contributed by atoms with E-state index in [1.165, 1.54) is 26.9 Å². The molecular formula is C18H16N8O3S. The lowest BCUT2D eigenvalue weighted by Gasteiger charge is -2.04. The summed E-state index contributed by atoms with van der Waals surface area (Å²) in [6.45, 7) is -0.0332. The molecule has 0 aromatic carbocycles. The average Bonchev–Trinajstić information content (AvgIpc) is 3.46. The van der Waals surface area contributed by atoms with E-state index < -0.39 is 5.97 Å². The smallest absolute Gasteiger partial charge is 0.339 e. The van der Waals surface area contributed by atoms with Crippen LogP contribution < -0.4 is 5.56 Å². The molecule has 2 N–H and O–H groups in total. The first-order valence-corrected chi connectivity index (χ1v) is 9.82. The Balaban J connectivity index is 1.58. The summed E-state index contributed by atoms with van der Waals surface area (Å²) in [6.07, 6.45) is 5.36. The van der Waals surface area contributed by atoms with E-state index in [4.69, 9.17) is 0 Å². The Bertz CT molecular complexity index is 1470. The van der Waals surface area contributed by atoms with Gasteiger partial charge in [-0.25, -0.2) is 14.5 Å². The molecule has 5 aromatic rings. The minimum absolute atomic E-state index is 0.0332. The maximum atomic E-state index is 13.1. The maximum Gasteiger partial charge on any atom is 0.339 e. The number of nitrogens with one attached hydrogen (secondary N) is 1. The molecule has 0 aliphatic heterocycles. The Hall–Kier alpha value is -3.80. The summed E-state index contributed by atoms with van der Waals surface area (Å²) in [4.78, 5) is 29.2. The summed E-state index contributed by atoms with van der Waals surface area (Å²) in [5.41, 5.74) is 2.14. The van der Waals surface area contributed by atoms with Gasteiger partial charge in [-0.1, -0.05) is 0 Å². The molecule has 5 rings (SSSR count). The molecule has 0 aliphatic rings. The van der Waals surface area contributed by atoms with Gasteiger partial charge in [0, 0.05) is 44.0 Å². The first-order valence-electron chi connectivity index (χ1n) is 9.00. The van der Waals surface area contributed by atoms with Crippen molar-refractivity contribution in [1.29, 1.82) is 0 Å². The normalized spacial score (nSPS) is 11.7. The zero-order valence-electron chi connectivity index (χ0n) is 16.0. The molecule has 0 unspecified atom stereocenters. The lowest BCUT2D eigenvalue weighted by molar-refractivity contribution is 0.0695. The van der Waals surface area contributed by atoms with E-state index in [0.717, 1.165) is 20.8 Å². The number of carbonyl (C=O) groups is 1. The van der Waals surface area contributed by atoms with Crippen molar-refractivity contribution < 1.29 is 9.90 Å². The second kappa shape index (κ2) is 6.62. The lowest BCUT2D eigenvalue weighted by atomic mass is 10.2. The van der Waals surface area contributed by atoms with Crippen molar-refractivity contribution in [2.24, 2.45) is 14.1 Å². The lowest BCUT2D eigenvalue weighted by Crippen LogP contribution is -2.25. The largest absolute Gasteiger partial charge is 0.478 e. The molecule has 12 heteroatoms. The van der Waals surface area contributed by atoms with Crippen LogP contribution in [0.25, 0.3) is 21.3 Å². The number of aryl methyl sites for hydroxylation is 2. The minimum Gasteiger partial charge on any atom is -0.478 e. The van der Waals surface area contributed by atoms with Crippen molar-refractivity contribution in [3.8, 4) is 0 Å². The van der Waals surface area contributed by atoms with Crippen molar-refractivity contribution in [2.45, 2.75) is 13.0 Å². The summed E-state index contributed by atoms with van der Waals surface area (Å²) < 4.78 is 5.29. The molecule has 0 radical (unpaired) electrons. The fourth-order valence-corrected chi connectivity index (χ4v) is 4.67. The number of fused-ring (bicyclic) bond motifs is 3. The standard InChI is InChI=1S/C18H16N8O3S/c1-24-7-11(18(28)29)12(23-24)8-26-17(27)14-10(6-20-26)15-16(25(14)2)21-13(30-15)5-9-3-4-19-22-9/h3-4,6-7H,5,8H2,1-2H3,(H,19,22)(H,28,29). The molecule has 5 aromatic heterocycles. The van der Waals surface area contributed by atoms with Gasteiger partial charge in [0.2, 0.25) is 0 Å². The molecule has 0 bridgehead atoms. The van der Waals surface area contributed by atoms with Crippen molar-refractivity contribution in [3.05, 3.63) is 57.0 Å². The topological polar surface area (TPSA) is 137 Å². The summed E-state index contributed by atoms with van der Waals surface area (Å²) in [5, 5.41) is 26.3. The predicted octanol–water partition coefficient (Wildman–Crippen LogP) is 1.14. The number of aromatic carboxylic acids is 1. The molecule has 0 saturated carbocycles. The van der Waals surface area contributed by atoms with Crippen molar-refractivity contribution in [2.75, 3.05) is 0 Å². The Kier molecular flexibility index (Phi) is 4.03. The molecule has 11 nitrogen and oxygen atoms in total. The SMILES string of the molecule is Cn1cc(C(=O)O)c(Cn2ncc3c4sc(Cc5ccn[nH]5)nc4n(C)c3c2=O)n1. The number of thiazole rings is 1. The predicted molar refractivity (Wildman–Crippen MR) is 109 cm³/mol. The number of carboxylic acids is 1. The van der Waals surface area contributed by atoms with E-state index in [1.54, 1.807) is 31.1 Å². The molecular weight excluding hydrogens is 408 g/mol. The van der Waals surface area contributed by atoms with Gasteiger partial charge in [0.1, 0.15) is 16.1 Å². The van der Waals surface area contributed by atoms with Crippen molar-refractivity contribution >= 4 is 38.6 Å². The van der Waals surface area contributed by atoms with Gasteiger partial charge in [-0.05, 0) is 6.07 Å². The van der Waals surface area contributed by atoms with Crippen LogP contribution in [0.3, 0.4) is 0 Å². The first-order chi connectivity index (χ1) is 14.4. The van der Waals surface area contributed by atoms with Crippen LogP contribution in [0.2, 0.25) is 0 Å². The van der Waals surface area contributed by atoms with Crippen LogP contribution in [0.1, 0.15) is 26.8 Å². The number of H-pyrrole nitrogens is 1. The van der Waals surface area contributed by atoms with Gasteiger partial charge in [0.15, 0.2) is 5.65 Å². The van der Waals surface area contributed by atoms with Crippen molar-refractivity contribution in [1.82, 2.24) is 39.3 Å². The van der Waals surface area contributed by atoms with E-state index in [0.29, 0.717) is 17.6 Å². The summed E-state index contributed by atoms with van der Waals surface area (Å²) in [5.74, 6) is -1.10. The van der Waals surface area contributed by atoms with Crippen LogP contribution >= 0.6 is 11.3 Å². The molecule has 0 saturated heterocycles. The Morgan fingerprint density at radius 2 is 2.17 bits per heavy atom. The number of hydrogen-bond donors (Lipinski definition) is 2. The average molecular weight is 424 g/mol. The van der Waals surface area contributed by atoms with Crippen LogP contribution in [0.5, 0.6) is 0 Å². The zero-order valence-corrected chi connectivity index (χ0v) is 16.8. The second-order valence-electron chi connectivity index (χ2n) is 6.92. The third-order valence-corrected chi connectivity index (χ3v) is 5.98. The van der Waals surface area contributed by atoms with Crippen LogP contribution in [0.15, 0.2) is 29.5 Å². The molecule has 0 fully saturated rings.